The van der Waals surface area contributed by atoms with Gasteiger partial charge in [-0.2, -0.15) is 0 Å². The molecule has 2 nitrogen and oxygen atoms in total. The Morgan fingerprint density at radius 3 is 2.47 bits per heavy atom. The van der Waals surface area contributed by atoms with Crippen LogP contribution in [0.1, 0.15) is 48.0 Å². The van der Waals surface area contributed by atoms with Crippen LogP contribution in [0.4, 0.5) is 0 Å². The minimum Gasteiger partial charge on any atom is -0.329 e. The molecule has 17 heavy (non-hydrogen) atoms. The topological polar surface area (TPSA) is 29.3 Å². The van der Waals surface area contributed by atoms with Gasteiger partial charge in [0.1, 0.15) is 0 Å². The number of nitrogens with zero attached hydrogens (tertiary/aromatic N) is 1. The van der Waals surface area contributed by atoms with Crippen molar-refractivity contribution in [1.82, 2.24) is 4.90 Å². The van der Waals surface area contributed by atoms with Crippen LogP contribution in [0.25, 0.3) is 0 Å². The summed E-state index contributed by atoms with van der Waals surface area (Å²) < 4.78 is 0. The van der Waals surface area contributed by atoms with Gasteiger partial charge in [0.25, 0.3) is 0 Å². The van der Waals surface area contributed by atoms with Crippen LogP contribution in [-0.4, -0.2) is 24.5 Å². The first-order chi connectivity index (χ1) is 8.13. The van der Waals surface area contributed by atoms with Crippen molar-refractivity contribution in [3.05, 3.63) is 21.4 Å². The van der Waals surface area contributed by atoms with E-state index in [1.54, 1.807) is 0 Å². The van der Waals surface area contributed by atoms with Crippen LogP contribution in [0.15, 0.2) is 6.07 Å². The lowest BCUT2D eigenvalue weighted by atomic mass is 10.1. The van der Waals surface area contributed by atoms with Crippen molar-refractivity contribution in [3.63, 3.8) is 0 Å². The molecule has 0 amide bonds. The molecule has 1 heterocycles. The fourth-order valence-corrected chi connectivity index (χ4v) is 3.33. The minimum absolute atomic E-state index is 0.400. The Balaban J connectivity index is 2.84. The standard InChI is InChI=1S/C14H26N2S/c1-5-7-8-16(6-2)14(10-15)13-9-11(3)17-12(13)4/h9,14H,5-8,10,15H2,1-4H3. The van der Waals surface area contributed by atoms with E-state index >= 15 is 0 Å². The lowest BCUT2D eigenvalue weighted by Crippen LogP contribution is -2.34. The molecule has 0 spiro atoms. The Labute approximate surface area is 110 Å². The molecule has 3 heteroatoms. The van der Waals surface area contributed by atoms with Gasteiger partial charge in [0.05, 0.1) is 0 Å². The zero-order valence-corrected chi connectivity index (χ0v) is 12.4. The molecule has 1 rings (SSSR count). The Hall–Kier alpha value is -0.380. The molecule has 1 atom stereocenters. The zero-order valence-electron chi connectivity index (χ0n) is 11.6. The molecule has 98 valence electrons. The van der Waals surface area contributed by atoms with Gasteiger partial charge in [-0.25, -0.2) is 0 Å². The van der Waals surface area contributed by atoms with Crippen molar-refractivity contribution in [2.75, 3.05) is 19.6 Å². The second-order valence-electron chi connectivity index (χ2n) is 4.60. The maximum absolute atomic E-state index is 5.99. The summed E-state index contributed by atoms with van der Waals surface area (Å²) in [4.78, 5) is 5.33. The summed E-state index contributed by atoms with van der Waals surface area (Å²) in [5.74, 6) is 0. The number of hydrogen-bond acceptors (Lipinski definition) is 3. The Morgan fingerprint density at radius 1 is 1.35 bits per heavy atom. The summed E-state index contributed by atoms with van der Waals surface area (Å²) >= 11 is 1.88. The van der Waals surface area contributed by atoms with E-state index in [-0.39, 0.29) is 0 Å². The third-order valence-electron chi connectivity index (χ3n) is 3.31. The van der Waals surface area contributed by atoms with Crippen LogP contribution in [0.2, 0.25) is 0 Å². The lowest BCUT2D eigenvalue weighted by molar-refractivity contribution is 0.209. The highest BCUT2D eigenvalue weighted by Crippen LogP contribution is 2.29. The SMILES string of the molecule is CCCCN(CC)C(CN)c1cc(C)sc1C. The molecule has 0 saturated heterocycles. The summed E-state index contributed by atoms with van der Waals surface area (Å²) in [6.07, 6.45) is 2.50. The molecule has 0 fully saturated rings. The van der Waals surface area contributed by atoms with E-state index in [0.29, 0.717) is 12.6 Å². The molecule has 1 unspecified atom stereocenters. The van der Waals surface area contributed by atoms with Gasteiger partial charge in [-0.15, -0.1) is 11.3 Å². The van der Waals surface area contributed by atoms with Crippen molar-refractivity contribution in [2.24, 2.45) is 5.73 Å². The molecular formula is C14H26N2S. The monoisotopic (exact) mass is 254 g/mol. The summed E-state index contributed by atoms with van der Waals surface area (Å²) in [5, 5.41) is 0. The molecule has 0 bridgehead atoms. The molecule has 1 aromatic rings. The smallest absolute Gasteiger partial charge is 0.0481 e. The fraction of sp³-hybridized carbons (Fsp3) is 0.714. The summed E-state index contributed by atoms with van der Waals surface area (Å²) in [6.45, 7) is 11.8. The molecule has 2 N–H and O–H groups in total. The van der Waals surface area contributed by atoms with E-state index in [1.807, 2.05) is 11.3 Å². The highest BCUT2D eigenvalue weighted by Gasteiger charge is 2.20. The Kier molecular flexibility index (Phi) is 6.17. The summed E-state index contributed by atoms with van der Waals surface area (Å²) in [7, 11) is 0. The average molecular weight is 254 g/mol. The van der Waals surface area contributed by atoms with E-state index in [9.17, 15) is 0 Å². The number of thiophene rings is 1. The number of rotatable bonds is 7. The van der Waals surface area contributed by atoms with Crippen LogP contribution < -0.4 is 5.73 Å². The molecule has 0 aliphatic heterocycles. The largest absolute Gasteiger partial charge is 0.329 e. The van der Waals surface area contributed by atoms with E-state index < -0.39 is 0 Å². The Bertz CT molecular complexity index is 333. The van der Waals surface area contributed by atoms with Crippen LogP contribution >= 0.6 is 11.3 Å². The van der Waals surface area contributed by atoms with Crippen LogP contribution in [0, 0.1) is 13.8 Å². The van der Waals surface area contributed by atoms with Crippen molar-refractivity contribution in [2.45, 2.75) is 46.6 Å². The number of hydrogen-bond donors (Lipinski definition) is 1. The van der Waals surface area contributed by atoms with Crippen molar-refractivity contribution in [1.29, 1.82) is 0 Å². The number of aryl methyl sites for hydroxylation is 2. The van der Waals surface area contributed by atoms with E-state index in [2.05, 4.69) is 38.7 Å². The van der Waals surface area contributed by atoms with Crippen LogP contribution in [-0.2, 0) is 0 Å². The maximum Gasteiger partial charge on any atom is 0.0481 e. The highest BCUT2D eigenvalue weighted by atomic mass is 32.1. The molecule has 0 aliphatic rings. The number of unbranched alkanes of at least 4 members (excludes halogenated alkanes) is 1. The van der Waals surface area contributed by atoms with Gasteiger partial charge in [0, 0.05) is 22.3 Å². The maximum atomic E-state index is 5.99. The predicted molar refractivity (Wildman–Crippen MR) is 77.7 cm³/mol. The van der Waals surface area contributed by atoms with E-state index in [1.165, 1.54) is 28.2 Å². The molecule has 0 saturated carbocycles. The zero-order chi connectivity index (χ0) is 12.8. The Morgan fingerprint density at radius 2 is 2.06 bits per heavy atom. The normalized spacial score (nSPS) is 13.3. The van der Waals surface area contributed by atoms with Crippen molar-refractivity contribution < 1.29 is 0 Å². The fourth-order valence-electron chi connectivity index (χ4n) is 2.35. The molecule has 0 aliphatic carbocycles. The van der Waals surface area contributed by atoms with Crippen LogP contribution in [0.3, 0.4) is 0 Å². The van der Waals surface area contributed by atoms with Gasteiger partial charge in [-0.3, -0.25) is 4.90 Å². The van der Waals surface area contributed by atoms with E-state index in [0.717, 1.165) is 13.1 Å². The van der Waals surface area contributed by atoms with Gasteiger partial charge in [0.15, 0.2) is 0 Å². The van der Waals surface area contributed by atoms with E-state index in [4.69, 9.17) is 5.73 Å². The van der Waals surface area contributed by atoms with Gasteiger partial charge < -0.3 is 5.73 Å². The van der Waals surface area contributed by atoms with Gasteiger partial charge in [-0.05, 0) is 45.0 Å². The second kappa shape index (κ2) is 7.14. The first kappa shape index (κ1) is 14.7. The second-order valence-corrected chi connectivity index (χ2v) is 6.06. The third kappa shape index (κ3) is 3.80. The molecule has 0 radical (unpaired) electrons. The average Bonchev–Trinajstić information content (AvgIpc) is 2.63. The first-order valence-electron chi connectivity index (χ1n) is 6.65. The molecule has 0 aromatic carbocycles. The van der Waals surface area contributed by atoms with Crippen molar-refractivity contribution >= 4 is 11.3 Å². The summed E-state index contributed by atoms with van der Waals surface area (Å²) in [5.41, 5.74) is 7.43. The summed E-state index contributed by atoms with van der Waals surface area (Å²) in [6, 6.07) is 2.71. The number of nitrogens with two attached hydrogens (primary N) is 1. The minimum atomic E-state index is 0.400. The lowest BCUT2D eigenvalue weighted by Gasteiger charge is -2.30. The van der Waals surface area contributed by atoms with Gasteiger partial charge in [0.2, 0.25) is 0 Å². The van der Waals surface area contributed by atoms with Crippen LogP contribution in [0.5, 0.6) is 0 Å². The highest BCUT2D eigenvalue weighted by molar-refractivity contribution is 7.12. The van der Waals surface area contributed by atoms with Crippen molar-refractivity contribution in [3.8, 4) is 0 Å². The predicted octanol–water partition coefficient (Wildman–Crippen LogP) is 3.49. The molecular weight excluding hydrogens is 228 g/mol. The quantitative estimate of drug-likeness (QED) is 0.807. The van der Waals surface area contributed by atoms with Gasteiger partial charge >= 0.3 is 0 Å². The first-order valence-corrected chi connectivity index (χ1v) is 7.46. The molecule has 1 aromatic heterocycles. The van der Waals surface area contributed by atoms with Gasteiger partial charge in [-0.1, -0.05) is 20.3 Å². The number of likely N-dealkylation sites (N-methyl/N-ethyl adjacent to an activating group) is 1. The third-order valence-corrected chi connectivity index (χ3v) is 4.29.